The van der Waals surface area contributed by atoms with E-state index in [0.29, 0.717) is 0 Å². The van der Waals surface area contributed by atoms with Gasteiger partial charge in [-0.25, -0.2) is 0 Å². The minimum atomic E-state index is -2.87. The highest BCUT2D eigenvalue weighted by Crippen LogP contribution is 1.99. The van der Waals surface area contributed by atoms with Crippen molar-refractivity contribution in [2.45, 2.75) is 20.3 Å². The summed E-state index contributed by atoms with van der Waals surface area (Å²) in [4.78, 5) is 42.7. The van der Waals surface area contributed by atoms with Crippen molar-refractivity contribution in [3.05, 3.63) is 0 Å². The minimum absolute atomic E-state index is 1.25. The normalized spacial score (nSPS) is 6.40. The lowest BCUT2D eigenvalue weighted by Gasteiger charge is -1.48. The average molecular weight is 287 g/mol. The molecule has 15 heavy (non-hydrogen) atoms. The summed E-state index contributed by atoms with van der Waals surface area (Å²) in [7, 11) is -8.61. The molecule has 0 aliphatic carbocycles. The fourth-order valence-corrected chi connectivity index (χ4v) is 0. The van der Waals surface area contributed by atoms with Crippen molar-refractivity contribution in [1.82, 2.24) is 0 Å². The van der Waals surface area contributed by atoms with Crippen molar-refractivity contribution >= 4 is 24.8 Å². The van der Waals surface area contributed by atoms with Crippen LogP contribution in [0, 0.1) is 0 Å². The van der Waals surface area contributed by atoms with Crippen LogP contribution in [-0.4, -0.2) is 29.4 Å². The zero-order chi connectivity index (χ0) is 13.4. The highest BCUT2D eigenvalue weighted by atomic mass is 31.1. The van der Waals surface area contributed by atoms with E-state index in [1.807, 2.05) is 0 Å². The number of rotatable bonds is 0. The fraction of sp³-hybridized carbons (Fsp3) is 1.00. The van der Waals surface area contributed by atoms with Gasteiger partial charge < -0.3 is 0 Å². The minimum Gasteiger partial charge on any atom is -0.134 e. The van der Waals surface area contributed by atoms with E-state index in [0.717, 1.165) is 0 Å². The van der Waals surface area contributed by atoms with Crippen molar-refractivity contribution < 1.29 is 43.1 Å². The molecule has 6 N–H and O–H groups in total. The third-order valence-electron chi connectivity index (χ3n) is 0. The highest BCUT2D eigenvalue weighted by Gasteiger charge is 1.93. The molecule has 0 saturated heterocycles. The van der Waals surface area contributed by atoms with Crippen LogP contribution < -0.4 is 0 Å². The smallest absolute Gasteiger partial charge is 0.134 e. The van der Waals surface area contributed by atoms with E-state index >= 15 is 0 Å². The molecule has 0 atom stereocenters. The average Bonchev–Trinajstić information content (AvgIpc) is 1.81. The molecule has 0 saturated carbocycles. The maximum atomic E-state index is 8.70. The summed E-state index contributed by atoms with van der Waals surface area (Å²) in [6.07, 6.45) is 1.25. The molecule has 0 heterocycles. The molecule has 0 rings (SSSR count). The van der Waals surface area contributed by atoms with Gasteiger partial charge in [0.1, 0.15) is 0 Å². The van der Waals surface area contributed by atoms with Crippen LogP contribution in [0.1, 0.15) is 20.3 Å². The van der Waals surface area contributed by atoms with Gasteiger partial charge in [-0.2, -0.15) is 0 Å². The molecule has 0 bridgehead atoms. The fourth-order valence-electron chi connectivity index (χ4n) is 0. The zero-order valence-electron chi connectivity index (χ0n) is 7.96. The molecule has 0 spiro atoms. The van der Waals surface area contributed by atoms with Gasteiger partial charge in [0.2, 0.25) is 0 Å². The van der Waals surface area contributed by atoms with E-state index in [1.165, 1.54) is 6.42 Å². The van der Waals surface area contributed by atoms with E-state index in [9.17, 15) is 0 Å². The Morgan fingerprint density at radius 1 is 0.667 bits per heavy atom. The highest BCUT2D eigenvalue weighted by molar-refractivity contribution is 7.31. The standard InChI is InChI=1S/C3H8.3HO3P/c1-3-2;3*1-4(2)3/h3H2,1-2H3;3*(H-,1,2,3)/p+3. The lowest BCUT2D eigenvalue weighted by atomic mass is 10.6. The van der Waals surface area contributed by atoms with Gasteiger partial charge in [0, 0.05) is 13.7 Å². The SMILES string of the molecule is CCC.O=[P+](O)O.O=[P+](O)O.O=[P+](O)O. The quantitative estimate of drug-likeness (QED) is 0.342. The maximum Gasteiger partial charge on any atom is 0.692 e. The van der Waals surface area contributed by atoms with Gasteiger partial charge in [-0.15, -0.1) is 29.4 Å². The lowest BCUT2D eigenvalue weighted by molar-refractivity contribution is 0.403. The van der Waals surface area contributed by atoms with Crippen LogP contribution in [0.2, 0.25) is 0 Å². The second-order valence-electron chi connectivity index (χ2n) is 1.47. The maximum absolute atomic E-state index is 8.70. The third-order valence-corrected chi connectivity index (χ3v) is 0. The first-order valence-electron chi connectivity index (χ1n) is 3.16. The summed E-state index contributed by atoms with van der Waals surface area (Å²) in [5, 5.41) is 0. The van der Waals surface area contributed by atoms with Crippen molar-refractivity contribution in [3.63, 3.8) is 0 Å². The monoisotopic (exact) mass is 287 g/mol. The van der Waals surface area contributed by atoms with Gasteiger partial charge in [-0.1, -0.05) is 20.3 Å². The topological polar surface area (TPSA) is 173 Å². The lowest BCUT2D eigenvalue weighted by Crippen LogP contribution is -1.38. The molecule has 9 nitrogen and oxygen atoms in total. The predicted octanol–water partition coefficient (Wildman–Crippen LogP) is 0.301. The third kappa shape index (κ3) is 568000. The molecule has 0 radical (unpaired) electrons. The van der Waals surface area contributed by atoms with Gasteiger partial charge in [0.25, 0.3) is 0 Å². The molecule has 0 aromatic carbocycles. The van der Waals surface area contributed by atoms with E-state index in [2.05, 4.69) is 13.8 Å². The van der Waals surface area contributed by atoms with E-state index < -0.39 is 24.8 Å². The molecule has 0 aromatic rings. The van der Waals surface area contributed by atoms with Gasteiger partial charge in [0.05, 0.1) is 0 Å². The summed E-state index contributed by atoms with van der Waals surface area (Å²) in [6, 6.07) is 0. The molecule has 92 valence electrons. The molecule has 0 aliphatic heterocycles. The van der Waals surface area contributed by atoms with Crippen molar-refractivity contribution in [2.75, 3.05) is 0 Å². The largest absolute Gasteiger partial charge is 0.692 e. The van der Waals surface area contributed by atoms with Gasteiger partial charge >= 0.3 is 24.8 Å². The Hall–Kier alpha value is 0.0600. The molecule has 0 amide bonds. The first-order valence-corrected chi connectivity index (χ1v) is 6.66. The van der Waals surface area contributed by atoms with Crippen molar-refractivity contribution in [2.24, 2.45) is 0 Å². The zero-order valence-corrected chi connectivity index (χ0v) is 10.6. The van der Waals surface area contributed by atoms with Gasteiger partial charge in [-0.3, -0.25) is 0 Å². The molecule has 0 aliphatic rings. The van der Waals surface area contributed by atoms with E-state index in [-0.39, 0.29) is 0 Å². The molecule has 0 aromatic heterocycles. The second kappa shape index (κ2) is 23.7. The Morgan fingerprint density at radius 3 is 0.667 bits per heavy atom. The van der Waals surface area contributed by atoms with Crippen LogP contribution in [0.5, 0.6) is 0 Å². The summed E-state index contributed by atoms with van der Waals surface area (Å²) in [6.45, 7) is 4.25. The van der Waals surface area contributed by atoms with Crippen LogP contribution in [0.25, 0.3) is 0 Å². The summed E-state index contributed by atoms with van der Waals surface area (Å²) < 4.78 is 26.1. The van der Waals surface area contributed by atoms with Crippen LogP contribution >= 0.6 is 24.8 Å². The molecule has 12 heteroatoms. The Balaban J connectivity index is -0.0000000542. The van der Waals surface area contributed by atoms with E-state index in [1.54, 1.807) is 0 Å². The Kier molecular flexibility index (Phi) is 38.4. The number of hydrogen-bond acceptors (Lipinski definition) is 3. The Morgan fingerprint density at radius 2 is 0.667 bits per heavy atom. The van der Waals surface area contributed by atoms with Crippen molar-refractivity contribution in [1.29, 1.82) is 0 Å². The first kappa shape index (κ1) is 24.3. The second-order valence-corrected chi connectivity index (χ2v) is 2.98. The molecule has 0 fully saturated rings. The summed E-state index contributed by atoms with van der Waals surface area (Å²) in [5.74, 6) is 0. The van der Waals surface area contributed by atoms with Crippen molar-refractivity contribution in [3.8, 4) is 0 Å². The number of hydrogen-bond donors (Lipinski definition) is 6. The van der Waals surface area contributed by atoms with E-state index in [4.69, 9.17) is 43.1 Å². The Labute approximate surface area is 88.9 Å². The molecule has 0 unspecified atom stereocenters. The van der Waals surface area contributed by atoms with Crippen LogP contribution in [0.4, 0.5) is 0 Å². The molecular formula is C3H14O9P3+3. The van der Waals surface area contributed by atoms with Gasteiger partial charge in [-0.05, 0) is 0 Å². The Bertz CT molecular complexity index is 129. The first-order chi connectivity index (χ1) is 6.61. The molecular weight excluding hydrogens is 273 g/mol. The summed E-state index contributed by atoms with van der Waals surface area (Å²) >= 11 is 0. The van der Waals surface area contributed by atoms with Crippen LogP contribution in [0.3, 0.4) is 0 Å². The van der Waals surface area contributed by atoms with Crippen LogP contribution in [0.15, 0.2) is 0 Å². The predicted molar refractivity (Wildman–Crippen MR) is 52.1 cm³/mol. The summed E-state index contributed by atoms with van der Waals surface area (Å²) in [5.41, 5.74) is 0. The van der Waals surface area contributed by atoms with Gasteiger partial charge in [0.15, 0.2) is 0 Å². The van der Waals surface area contributed by atoms with Crippen LogP contribution in [-0.2, 0) is 13.7 Å².